The summed E-state index contributed by atoms with van der Waals surface area (Å²) in [6, 6.07) is 18.1. The Morgan fingerprint density at radius 1 is 1.19 bits per heavy atom. The Labute approximate surface area is 263 Å². The minimum atomic E-state index is -1.38. The molecule has 1 fully saturated rings. The average molecular weight is 685 g/mol. The van der Waals surface area contributed by atoms with E-state index in [1.165, 1.54) is 57.5 Å². The zero-order valence-electron chi connectivity index (χ0n) is 22.9. The molecule has 1 aromatic heterocycles. The molecule has 3 aliphatic rings. The van der Waals surface area contributed by atoms with Crippen LogP contribution in [-0.4, -0.2) is 53.9 Å². The molecule has 3 unspecified atom stereocenters. The normalized spacial score (nSPS) is 22.0. The van der Waals surface area contributed by atoms with E-state index in [0.29, 0.717) is 10.5 Å². The van der Waals surface area contributed by atoms with Crippen molar-refractivity contribution in [2.24, 2.45) is 0 Å². The SMILES string of the molecule is CC(=O)OC(c1cc2c(s1)CCN(Cc1ccccc1)C2)C1(Br)C(=O)N2C(C(=O)O)=C(Cc3ccc([N+](=O)[O-])cc3)SC21. The number of halogens is 1. The number of allylic oxidation sites excluding steroid dienone is 1. The predicted molar refractivity (Wildman–Crippen MR) is 164 cm³/mol. The first kappa shape index (κ1) is 29.5. The van der Waals surface area contributed by atoms with Crippen LogP contribution in [0.15, 0.2) is 71.3 Å². The largest absolute Gasteiger partial charge is 0.477 e. The summed E-state index contributed by atoms with van der Waals surface area (Å²) in [7, 11) is 0. The first-order valence-corrected chi connectivity index (χ1v) is 16.0. The molecule has 3 atom stereocenters. The summed E-state index contributed by atoms with van der Waals surface area (Å²) in [5.41, 5.74) is 2.82. The molecule has 13 heteroatoms. The fourth-order valence-electron chi connectivity index (χ4n) is 5.75. The van der Waals surface area contributed by atoms with E-state index in [4.69, 9.17) is 4.74 Å². The number of amides is 1. The maximum Gasteiger partial charge on any atom is 0.353 e. The van der Waals surface area contributed by atoms with Crippen LogP contribution >= 0.6 is 39.0 Å². The molecular formula is C30H26BrN3O7S2. The number of nitrogens with zero attached hydrogens (tertiary/aromatic N) is 3. The van der Waals surface area contributed by atoms with Crippen molar-refractivity contribution in [2.75, 3.05) is 6.54 Å². The molecular weight excluding hydrogens is 658 g/mol. The third-order valence-electron chi connectivity index (χ3n) is 7.75. The van der Waals surface area contributed by atoms with E-state index in [2.05, 4.69) is 33.0 Å². The van der Waals surface area contributed by atoms with Gasteiger partial charge in [-0.3, -0.25) is 29.5 Å². The summed E-state index contributed by atoms with van der Waals surface area (Å²) >= 11 is 6.40. The molecule has 0 saturated carbocycles. The van der Waals surface area contributed by atoms with Gasteiger partial charge in [0.15, 0.2) is 10.4 Å². The highest BCUT2D eigenvalue weighted by Crippen LogP contribution is 2.61. The van der Waals surface area contributed by atoms with Crippen LogP contribution in [0.1, 0.15) is 39.5 Å². The molecule has 6 rings (SSSR count). The number of β-lactam (4-membered cyclic amide) rings is 1. The summed E-state index contributed by atoms with van der Waals surface area (Å²) in [5.74, 6) is -2.29. The number of ether oxygens (including phenoxy) is 1. The number of carboxylic acid groups (broad SMARTS) is 1. The van der Waals surface area contributed by atoms with E-state index in [1.807, 2.05) is 24.3 Å². The van der Waals surface area contributed by atoms with E-state index < -0.39 is 38.6 Å². The number of nitro groups is 1. The molecule has 10 nitrogen and oxygen atoms in total. The zero-order chi connectivity index (χ0) is 30.5. The lowest BCUT2D eigenvalue weighted by Gasteiger charge is -2.51. The molecule has 0 radical (unpaired) electrons. The number of thiophene rings is 1. The quantitative estimate of drug-likeness (QED) is 0.103. The van der Waals surface area contributed by atoms with Crippen LogP contribution in [0.2, 0.25) is 0 Å². The van der Waals surface area contributed by atoms with Crippen molar-refractivity contribution in [3.05, 3.63) is 108 Å². The molecule has 1 N–H and O–H groups in total. The number of hydrogen-bond donors (Lipinski definition) is 1. The highest BCUT2D eigenvalue weighted by Gasteiger charge is 2.70. The number of non-ortho nitro benzene ring substituents is 1. The Morgan fingerprint density at radius 2 is 1.91 bits per heavy atom. The Bertz CT molecular complexity index is 1660. The van der Waals surface area contributed by atoms with E-state index >= 15 is 0 Å². The molecule has 0 spiro atoms. The Hall–Kier alpha value is -3.52. The van der Waals surface area contributed by atoms with Gasteiger partial charge in [-0.1, -0.05) is 58.4 Å². The minimum absolute atomic E-state index is 0.0696. The van der Waals surface area contributed by atoms with Gasteiger partial charge in [-0.15, -0.1) is 23.1 Å². The molecule has 0 bridgehead atoms. The maximum absolute atomic E-state index is 13.8. The zero-order valence-corrected chi connectivity index (χ0v) is 26.1. The summed E-state index contributed by atoms with van der Waals surface area (Å²) in [6.07, 6.45) is 0.0476. The molecule has 0 aliphatic carbocycles. The maximum atomic E-state index is 13.8. The monoisotopic (exact) mass is 683 g/mol. The van der Waals surface area contributed by atoms with Gasteiger partial charge in [-0.05, 0) is 29.2 Å². The van der Waals surface area contributed by atoms with Gasteiger partial charge >= 0.3 is 11.9 Å². The van der Waals surface area contributed by atoms with Crippen molar-refractivity contribution in [3.63, 3.8) is 0 Å². The van der Waals surface area contributed by atoms with Crippen molar-refractivity contribution in [2.45, 2.75) is 48.7 Å². The number of thioether (sulfide) groups is 1. The minimum Gasteiger partial charge on any atom is -0.477 e. The van der Waals surface area contributed by atoms with Crippen LogP contribution in [0.5, 0.6) is 0 Å². The molecule has 3 aliphatic heterocycles. The summed E-state index contributed by atoms with van der Waals surface area (Å²) in [6.45, 7) is 3.71. The second-order valence-corrected chi connectivity index (χ2v) is 14.3. The van der Waals surface area contributed by atoms with Crippen LogP contribution in [0.3, 0.4) is 0 Å². The smallest absolute Gasteiger partial charge is 0.353 e. The molecule has 3 aromatic rings. The molecule has 1 amide bonds. The van der Waals surface area contributed by atoms with Crippen LogP contribution in [0, 0.1) is 10.1 Å². The lowest BCUT2D eigenvalue weighted by atomic mass is 9.89. The van der Waals surface area contributed by atoms with E-state index in [-0.39, 0.29) is 17.8 Å². The molecule has 222 valence electrons. The average Bonchev–Trinajstić information content (AvgIpc) is 3.56. The topological polar surface area (TPSA) is 130 Å². The first-order valence-electron chi connectivity index (χ1n) is 13.5. The Kier molecular flexibility index (Phi) is 7.92. The molecule has 1 saturated heterocycles. The summed E-state index contributed by atoms with van der Waals surface area (Å²) in [4.78, 5) is 55.0. The fraction of sp³-hybridized carbons (Fsp3) is 0.300. The number of benzene rings is 2. The van der Waals surface area contributed by atoms with Crippen molar-refractivity contribution in [3.8, 4) is 0 Å². The number of hydrogen-bond acceptors (Lipinski definition) is 9. The van der Waals surface area contributed by atoms with Gasteiger partial charge in [0.2, 0.25) is 0 Å². The van der Waals surface area contributed by atoms with Crippen LogP contribution in [0.25, 0.3) is 0 Å². The predicted octanol–water partition coefficient (Wildman–Crippen LogP) is 5.41. The number of aliphatic carboxylic acids is 1. The number of carbonyl (C=O) groups excluding carboxylic acids is 2. The number of esters is 1. The van der Waals surface area contributed by atoms with Gasteiger partial charge < -0.3 is 9.84 Å². The molecule has 43 heavy (non-hydrogen) atoms. The van der Waals surface area contributed by atoms with Gasteiger partial charge in [-0.25, -0.2) is 4.79 Å². The first-order chi connectivity index (χ1) is 20.6. The molecule has 4 heterocycles. The third-order valence-corrected chi connectivity index (χ3v) is 12.0. The van der Waals surface area contributed by atoms with Crippen LogP contribution < -0.4 is 0 Å². The van der Waals surface area contributed by atoms with Crippen molar-refractivity contribution < 1.29 is 29.2 Å². The highest BCUT2D eigenvalue weighted by atomic mass is 79.9. The van der Waals surface area contributed by atoms with E-state index in [1.54, 1.807) is 12.1 Å². The second kappa shape index (κ2) is 11.5. The lowest BCUT2D eigenvalue weighted by molar-refractivity contribution is -0.384. The van der Waals surface area contributed by atoms with Gasteiger partial charge in [0.1, 0.15) is 11.1 Å². The van der Waals surface area contributed by atoms with E-state index in [9.17, 15) is 29.6 Å². The van der Waals surface area contributed by atoms with Crippen molar-refractivity contribution in [1.29, 1.82) is 0 Å². The number of rotatable bonds is 9. The van der Waals surface area contributed by atoms with E-state index in [0.717, 1.165) is 36.5 Å². The van der Waals surface area contributed by atoms with Gasteiger partial charge in [0.25, 0.3) is 11.6 Å². The fourth-order valence-corrected chi connectivity index (χ4v) is 9.71. The summed E-state index contributed by atoms with van der Waals surface area (Å²) < 4.78 is 4.45. The second-order valence-electron chi connectivity index (χ2n) is 10.6. The highest BCUT2D eigenvalue weighted by molar-refractivity contribution is 9.10. The van der Waals surface area contributed by atoms with Crippen LogP contribution in [-0.2, 0) is 45.1 Å². The molecule has 2 aromatic carbocycles. The standard InChI is InChI=1S/C30H26BrN3O7S2/c1-17(35)41-26(24-14-20-16-32(12-11-22(20)42-24)15-19-5-3-2-4-6-19)30(31)28(38)33-25(27(36)37)23(43-29(30)33)13-18-7-9-21(10-8-18)34(39)40/h2-10,14,26,29H,11-13,15-16H2,1H3,(H,36,37). The van der Waals surface area contributed by atoms with Crippen molar-refractivity contribution in [1.82, 2.24) is 9.80 Å². The number of carbonyl (C=O) groups is 3. The van der Waals surface area contributed by atoms with Crippen LogP contribution in [0.4, 0.5) is 5.69 Å². The van der Waals surface area contributed by atoms with Gasteiger partial charge in [-0.2, -0.15) is 0 Å². The number of alkyl halides is 1. The number of fused-ring (bicyclic) bond motifs is 2. The Morgan fingerprint density at radius 3 is 2.56 bits per heavy atom. The lowest BCUT2D eigenvalue weighted by Crippen LogP contribution is -2.70. The van der Waals surface area contributed by atoms with Gasteiger partial charge in [0.05, 0.1) is 4.92 Å². The Balaban J connectivity index is 1.26. The number of carboxylic acids is 1. The van der Waals surface area contributed by atoms with Gasteiger partial charge in [0, 0.05) is 59.8 Å². The summed E-state index contributed by atoms with van der Waals surface area (Å²) in [5, 5.41) is 20.4. The van der Waals surface area contributed by atoms with Crippen molar-refractivity contribution >= 4 is 62.6 Å². The number of nitro benzene ring substituents is 1. The third kappa shape index (κ3) is 5.39.